The predicted molar refractivity (Wildman–Crippen MR) is 75.0 cm³/mol. The van der Waals surface area contributed by atoms with E-state index in [2.05, 4.69) is 4.98 Å². The molecule has 5 heteroatoms. The number of carboxylic acid groups (broad SMARTS) is 1. The van der Waals surface area contributed by atoms with Crippen LogP contribution in [0, 0.1) is 0 Å². The van der Waals surface area contributed by atoms with Crippen molar-refractivity contribution in [3.63, 3.8) is 0 Å². The Kier molecular flexibility index (Phi) is 4.82. The van der Waals surface area contributed by atoms with Gasteiger partial charge in [-0.05, 0) is 30.9 Å². The molecule has 4 nitrogen and oxygen atoms in total. The topological polar surface area (TPSA) is 59.4 Å². The summed E-state index contributed by atoms with van der Waals surface area (Å²) in [6.45, 7) is 4.87. The second kappa shape index (κ2) is 6.39. The summed E-state index contributed by atoms with van der Waals surface area (Å²) < 4.78 is 5.57. The van der Waals surface area contributed by atoms with Crippen LogP contribution in [0.5, 0.6) is 0 Å². The van der Waals surface area contributed by atoms with E-state index < -0.39 is 5.97 Å². The lowest BCUT2D eigenvalue weighted by Gasteiger charge is -2.11. The number of aromatic nitrogens is 1. The maximum absolute atomic E-state index is 11.1. The Bertz CT molecular complexity index is 456. The normalized spacial score (nSPS) is 19.0. The average Bonchev–Trinajstić information content (AvgIpc) is 2.89. The maximum Gasteiger partial charge on any atom is 0.335 e. The molecule has 0 amide bonds. The van der Waals surface area contributed by atoms with E-state index in [9.17, 15) is 4.79 Å². The number of ether oxygens (including phenoxy) is 1. The Morgan fingerprint density at radius 2 is 2.37 bits per heavy atom. The molecule has 0 bridgehead atoms. The van der Waals surface area contributed by atoms with Gasteiger partial charge < -0.3 is 9.84 Å². The molecular formula is C14H19NO3S. The largest absolute Gasteiger partial charge is 0.478 e. The van der Waals surface area contributed by atoms with E-state index in [0.29, 0.717) is 5.56 Å². The summed E-state index contributed by atoms with van der Waals surface area (Å²) in [5.41, 5.74) is 1.14. The van der Waals surface area contributed by atoms with Crippen LogP contribution < -0.4 is 0 Å². The average molecular weight is 281 g/mol. The van der Waals surface area contributed by atoms with Crippen molar-refractivity contribution in [1.82, 2.24) is 4.98 Å². The number of carboxylic acids is 1. The van der Waals surface area contributed by atoms with Crippen molar-refractivity contribution in [2.75, 3.05) is 12.4 Å². The highest BCUT2D eigenvalue weighted by Crippen LogP contribution is 2.25. The molecule has 1 aliphatic heterocycles. The molecule has 2 heterocycles. The van der Waals surface area contributed by atoms with E-state index in [1.807, 2.05) is 13.8 Å². The molecule has 0 saturated carbocycles. The van der Waals surface area contributed by atoms with Gasteiger partial charge in [0.25, 0.3) is 0 Å². The Morgan fingerprint density at radius 1 is 1.58 bits per heavy atom. The van der Waals surface area contributed by atoms with Crippen LogP contribution >= 0.6 is 11.8 Å². The highest BCUT2D eigenvalue weighted by molar-refractivity contribution is 7.99. The third-order valence-electron chi connectivity index (χ3n) is 3.10. The minimum Gasteiger partial charge on any atom is -0.478 e. The zero-order valence-corrected chi connectivity index (χ0v) is 12.1. The summed E-state index contributed by atoms with van der Waals surface area (Å²) in [5.74, 6) is 0.165. The molecule has 0 radical (unpaired) electrons. The minimum atomic E-state index is -0.900. The molecule has 1 N–H and O–H groups in total. The van der Waals surface area contributed by atoms with Crippen molar-refractivity contribution in [2.24, 2.45) is 0 Å². The van der Waals surface area contributed by atoms with Gasteiger partial charge in [0, 0.05) is 18.1 Å². The Hall–Kier alpha value is -1.07. The molecule has 1 aromatic rings. The molecule has 1 atom stereocenters. The standard InChI is InChI=1S/C14H19NO3S/c1-9(2)12-6-10(14(16)17)7-13(15-12)19-8-11-4-3-5-18-11/h6-7,9,11H,3-5,8H2,1-2H3,(H,16,17). The van der Waals surface area contributed by atoms with Crippen molar-refractivity contribution in [2.45, 2.75) is 43.7 Å². The molecule has 1 saturated heterocycles. The molecule has 19 heavy (non-hydrogen) atoms. The zero-order chi connectivity index (χ0) is 13.8. The van der Waals surface area contributed by atoms with E-state index >= 15 is 0 Å². The number of thioether (sulfide) groups is 1. The molecule has 2 rings (SSSR count). The fraction of sp³-hybridized carbons (Fsp3) is 0.571. The van der Waals surface area contributed by atoms with Gasteiger partial charge in [0.2, 0.25) is 0 Å². The number of pyridine rings is 1. The first kappa shape index (κ1) is 14.3. The maximum atomic E-state index is 11.1. The van der Waals surface area contributed by atoms with Gasteiger partial charge in [-0.15, -0.1) is 11.8 Å². The van der Waals surface area contributed by atoms with E-state index in [0.717, 1.165) is 35.9 Å². The van der Waals surface area contributed by atoms with Gasteiger partial charge in [0.15, 0.2) is 0 Å². The number of rotatable bonds is 5. The molecule has 0 spiro atoms. The number of nitrogens with zero attached hydrogens (tertiary/aromatic N) is 1. The monoisotopic (exact) mass is 281 g/mol. The SMILES string of the molecule is CC(C)c1cc(C(=O)O)cc(SCC2CCCO2)n1. The number of hydrogen-bond acceptors (Lipinski definition) is 4. The molecule has 0 aliphatic carbocycles. The lowest BCUT2D eigenvalue weighted by atomic mass is 10.1. The smallest absolute Gasteiger partial charge is 0.335 e. The summed E-state index contributed by atoms with van der Waals surface area (Å²) in [6, 6.07) is 3.30. The van der Waals surface area contributed by atoms with Gasteiger partial charge in [-0.3, -0.25) is 0 Å². The molecule has 1 fully saturated rings. The Balaban J connectivity index is 2.11. The van der Waals surface area contributed by atoms with Crippen molar-refractivity contribution in [3.05, 3.63) is 23.4 Å². The van der Waals surface area contributed by atoms with Crippen LogP contribution in [0.2, 0.25) is 0 Å². The van der Waals surface area contributed by atoms with Gasteiger partial charge in [-0.1, -0.05) is 13.8 Å². The Morgan fingerprint density at radius 3 is 2.95 bits per heavy atom. The number of carbonyl (C=O) groups is 1. The van der Waals surface area contributed by atoms with E-state index in [4.69, 9.17) is 9.84 Å². The summed E-state index contributed by atoms with van der Waals surface area (Å²) in [4.78, 5) is 15.6. The van der Waals surface area contributed by atoms with Gasteiger partial charge in [0.05, 0.1) is 16.7 Å². The van der Waals surface area contributed by atoms with E-state index in [1.54, 1.807) is 23.9 Å². The first-order valence-electron chi connectivity index (χ1n) is 6.56. The summed E-state index contributed by atoms with van der Waals surface area (Å²) in [7, 11) is 0. The van der Waals surface area contributed by atoms with Crippen LogP contribution in [0.15, 0.2) is 17.2 Å². The van der Waals surface area contributed by atoms with Crippen LogP contribution in [-0.2, 0) is 4.74 Å². The van der Waals surface area contributed by atoms with Crippen LogP contribution in [0.3, 0.4) is 0 Å². The third-order valence-corrected chi connectivity index (χ3v) is 4.14. The first-order valence-corrected chi connectivity index (χ1v) is 7.54. The fourth-order valence-corrected chi connectivity index (χ4v) is 2.97. The Labute approximate surface area is 117 Å². The summed E-state index contributed by atoms with van der Waals surface area (Å²) in [5, 5.41) is 9.91. The molecule has 104 valence electrons. The fourth-order valence-electron chi connectivity index (χ4n) is 1.97. The van der Waals surface area contributed by atoms with Crippen molar-refractivity contribution < 1.29 is 14.6 Å². The second-order valence-corrected chi connectivity index (χ2v) is 6.07. The molecule has 1 unspecified atom stereocenters. The van der Waals surface area contributed by atoms with E-state index in [1.165, 1.54) is 0 Å². The van der Waals surface area contributed by atoms with E-state index in [-0.39, 0.29) is 12.0 Å². The summed E-state index contributed by atoms with van der Waals surface area (Å²) in [6.07, 6.45) is 2.48. The molecule has 1 aliphatic rings. The number of hydrogen-bond donors (Lipinski definition) is 1. The minimum absolute atomic E-state index is 0.224. The summed E-state index contributed by atoms with van der Waals surface area (Å²) >= 11 is 1.58. The van der Waals surface area contributed by atoms with Crippen LogP contribution in [0.1, 0.15) is 48.7 Å². The lowest BCUT2D eigenvalue weighted by molar-refractivity contribution is 0.0696. The van der Waals surface area contributed by atoms with Crippen molar-refractivity contribution in [1.29, 1.82) is 0 Å². The highest BCUT2D eigenvalue weighted by Gasteiger charge is 2.17. The van der Waals surface area contributed by atoms with Gasteiger partial charge >= 0.3 is 5.97 Å². The first-order chi connectivity index (χ1) is 9.06. The quantitative estimate of drug-likeness (QED) is 0.840. The van der Waals surface area contributed by atoms with Crippen LogP contribution in [0.25, 0.3) is 0 Å². The van der Waals surface area contributed by atoms with Crippen molar-refractivity contribution >= 4 is 17.7 Å². The molecule has 1 aromatic heterocycles. The van der Waals surface area contributed by atoms with Crippen LogP contribution in [0.4, 0.5) is 0 Å². The zero-order valence-electron chi connectivity index (χ0n) is 11.3. The van der Waals surface area contributed by atoms with Gasteiger partial charge in [-0.2, -0.15) is 0 Å². The molecule has 0 aromatic carbocycles. The predicted octanol–water partition coefficient (Wildman–Crippen LogP) is 3.17. The highest BCUT2D eigenvalue weighted by atomic mass is 32.2. The van der Waals surface area contributed by atoms with Gasteiger partial charge in [-0.25, -0.2) is 9.78 Å². The number of aromatic carboxylic acids is 1. The third kappa shape index (κ3) is 3.94. The lowest BCUT2D eigenvalue weighted by Crippen LogP contribution is -2.09. The van der Waals surface area contributed by atoms with Gasteiger partial charge in [0.1, 0.15) is 0 Å². The van der Waals surface area contributed by atoms with Crippen molar-refractivity contribution in [3.8, 4) is 0 Å². The molecular weight excluding hydrogens is 262 g/mol. The van der Waals surface area contributed by atoms with Crippen LogP contribution in [-0.4, -0.2) is 34.5 Å². The second-order valence-electron chi connectivity index (χ2n) is 5.02.